The van der Waals surface area contributed by atoms with Gasteiger partial charge in [-0.1, -0.05) is 37.9 Å². The van der Waals surface area contributed by atoms with Crippen molar-refractivity contribution in [1.82, 2.24) is 10.6 Å². The number of halogens is 1. The molecule has 1 amide bonds. The number of carbonyl (C=O) groups is 1. The third-order valence-electron chi connectivity index (χ3n) is 2.79. The normalized spacial score (nSPS) is 10.3. The van der Waals surface area contributed by atoms with Crippen molar-refractivity contribution in [2.24, 2.45) is 0 Å². The first kappa shape index (κ1) is 16.8. The minimum absolute atomic E-state index is 0.00398. The lowest BCUT2D eigenvalue weighted by molar-refractivity contribution is -0.123. The van der Waals surface area contributed by atoms with Crippen molar-refractivity contribution in [2.75, 3.05) is 19.7 Å². The van der Waals surface area contributed by atoms with Crippen LogP contribution in [0, 0.1) is 0 Å². The fourth-order valence-corrected chi connectivity index (χ4v) is 1.90. The van der Waals surface area contributed by atoms with Gasteiger partial charge in [0.2, 0.25) is 0 Å². The fraction of sp³-hybridized carbons (Fsp3) is 0.533. The third kappa shape index (κ3) is 6.26. The molecule has 1 rings (SSSR count). The molecule has 0 aromatic heterocycles. The summed E-state index contributed by atoms with van der Waals surface area (Å²) in [6.07, 6.45) is 2.03. The van der Waals surface area contributed by atoms with Crippen molar-refractivity contribution in [3.63, 3.8) is 0 Å². The van der Waals surface area contributed by atoms with Gasteiger partial charge in [-0.2, -0.15) is 0 Å². The number of nitrogens with one attached hydrogen (secondary N) is 2. The van der Waals surface area contributed by atoms with Crippen molar-refractivity contribution in [3.8, 4) is 5.75 Å². The van der Waals surface area contributed by atoms with Gasteiger partial charge in [0, 0.05) is 13.1 Å². The molecule has 1 aromatic rings. The number of hydrogen-bond acceptors (Lipinski definition) is 3. The molecule has 0 radical (unpaired) electrons. The first-order chi connectivity index (χ1) is 9.67. The van der Waals surface area contributed by atoms with Gasteiger partial charge in [-0.25, -0.2) is 0 Å². The summed E-state index contributed by atoms with van der Waals surface area (Å²) < 4.78 is 5.42. The molecule has 20 heavy (non-hydrogen) atoms. The molecule has 0 fully saturated rings. The summed E-state index contributed by atoms with van der Waals surface area (Å²) in [5, 5.41) is 6.55. The smallest absolute Gasteiger partial charge is 0.257 e. The molecule has 2 N–H and O–H groups in total. The number of amides is 1. The van der Waals surface area contributed by atoms with Crippen LogP contribution >= 0.6 is 11.6 Å². The van der Waals surface area contributed by atoms with Crippen LogP contribution in [0.4, 0.5) is 0 Å². The molecule has 0 aliphatic carbocycles. The maximum atomic E-state index is 11.5. The van der Waals surface area contributed by atoms with Crippen LogP contribution in [0.25, 0.3) is 0 Å². The minimum Gasteiger partial charge on any atom is -0.482 e. The average molecular weight is 299 g/mol. The molecule has 0 bridgehead atoms. The highest BCUT2D eigenvalue weighted by atomic mass is 35.5. The van der Waals surface area contributed by atoms with E-state index in [1.807, 2.05) is 12.1 Å². The Morgan fingerprint density at radius 2 is 2.15 bits per heavy atom. The topological polar surface area (TPSA) is 50.4 Å². The van der Waals surface area contributed by atoms with Crippen LogP contribution in [0.1, 0.15) is 32.3 Å². The van der Waals surface area contributed by atoms with Gasteiger partial charge in [0.05, 0.1) is 5.02 Å². The molecule has 4 nitrogen and oxygen atoms in total. The van der Waals surface area contributed by atoms with Gasteiger partial charge in [-0.15, -0.1) is 0 Å². The molecule has 0 saturated heterocycles. The lowest BCUT2D eigenvalue weighted by Crippen LogP contribution is -2.29. The zero-order chi connectivity index (χ0) is 14.8. The lowest BCUT2D eigenvalue weighted by Gasteiger charge is -2.10. The Kier molecular flexibility index (Phi) is 8.07. The van der Waals surface area contributed by atoms with Gasteiger partial charge >= 0.3 is 0 Å². The van der Waals surface area contributed by atoms with E-state index in [0.717, 1.165) is 31.5 Å². The molecular formula is C15H23ClN2O2. The molecule has 0 heterocycles. The Morgan fingerprint density at radius 1 is 1.35 bits per heavy atom. The summed E-state index contributed by atoms with van der Waals surface area (Å²) in [6, 6.07) is 5.60. The molecule has 0 atom stereocenters. The summed E-state index contributed by atoms with van der Waals surface area (Å²) in [7, 11) is 0. The predicted molar refractivity (Wildman–Crippen MR) is 82.2 cm³/mol. The van der Waals surface area contributed by atoms with E-state index < -0.39 is 0 Å². The largest absolute Gasteiger partial charge is 0.482 e. The Bertz CT molecular complexity index is 424. The van der Waals surface area contributed by atoms with Crippen molar-refractivity contribution >= 4 is 17.5 Å². The van der Waals surface area contributed by atoms with Gasteiger partial charge in [0.15, 0.2) is 6.61 Å². The molecular weight excluding hydrogens is 276 g/mol. The summed E-state index contributed by atoms with van der Waals surface area (Å²) in [4.78, 5) is 11.5. The van der Waals surface area contributed by atoms with Crippen LogP contribution in [0.15, 0.2) is 18.2 Å². The second-order valence-corrected chi connectivity index (χ2v) is 4.94. The average Bonchev–Trinajstić information content (AvgIpc) is 2.44. The highest BCUT2D eigenvalue weighted by Crippen LogP contribution is 2.25. The standard InChI is InChI=1S/C15H23ClN2O2/c1-3-5-8-18-15(19)11-20-14-7-6-12(9-13(14)16)10-17-4-2/h6-7,9,17H,3-5,8,10-11H2,1-2H3,(H,18,19). The van der Waals surface area contributed by atoms with E-state index in [2.05, 4.69) is 24.5 Å². The van der Waals surface area contributed by atoms with E-state index in [-0.39, 0.29) is 12.5 Å². The number of rotatable bonds is 9. The van der Waals surface area contributed by atoms with Crippen molar-refractivity contribution in [1.29, 1.82) is 0 Å². The molecule has 0 saturated carbocycles. The Hall–Kier alpha value is -1.26. The monoisotopic (exact) mass is 298 g/mol. The number of ether oxygens (including phenoxy) is 1. The number of hydrogen-bond donors (Lipinski definition) is 2. The van der Waals surface area contributed by atoms with Crippen LogP contribution < -0.4 is 15.4 Å². The van der Waals surface area contributed by atoms with E-state index >= 15 is 0 Å². The minimum atomic E-state index is -0.119. The SMILES string of the molecule is CCCCNC(=O)COc1ccc(CNCC)cc1Cl. The molecule has 5 heteroatoms. The molecule has 0 spiro atoms. The highest BCUT2D eigenvalue weighted by Gasteiger charge is 2.06. The predicted octanol–water partition coefficient (Wildman–Crippen LogP) is 2.74. The fourth-order valence-electron chi connectivity index (χ4n) is 1.64. The summed E-state index contributed by atoms with van der Waals surface area (Å²) in [6.45, 7) is 6.50. The van der Waals surface area contributed by atoms with Crippen LogP contribution in [-0.4, -0.2) is 25.6 Å². The van der Waals surface area contributed by atoms with E-state index in [4.69, 9.17) is 16.3 Å². The van der Waals surface area contributed by atoms with Crippen LogP contribution in [-0.2, 0) is 11.3 Å². The maximum Gasteiger partial charge on any atom is 0.257 e. The van der Waals surface area contributed by atoms with Crippen molar-refractivity contribution < 1.29 is 9.53 Å². The summed E-state index contributed by atoms with van der Waals surface area (Å²) in [5.74, 6) is 0.420. The molecule has 0 aliphatic rings. The second kappa shape index (κ2) is 9.61. The van der Waals surface area contributed by atoms with E-state index in [9.17, 15) is 4.79 Å². The van der Waals surface area contributed by atoms with Gasteiger partial charge in [-0.3, -0.25) is 4.79 Å². The van der Waals surface area contributed by atoms with E-state index in [1.165, 1.54) is 0 Å². The highest BCUT2D eigenvalue weighted by molar-refractivity contribution is 6.32. The number of benzene rings is 1. The van der Waals surface area contributed by atoms with Crippen LogP contribution in [0.3, 0.4) is 0 Å². The Labute approximate surface area is 125 Å². The summed E-state index contributed by atoms with van der Waals surface area (Å²) in [5.41, 5.74) is 1.09. The second-order valence-electron chi connectivity index (χ2n) is 4.54. The first-order valence-corrected chi connectivity index (χ1v) is 7.43. The third-order valence-corrected chi connectivity index (χ3v) is 3.08. The molecule has 0 unspecified atom stereocenters. The molecule has 0 aliphatic heterocycles. The van der Waals surface area contributed by atoms with Gasteiger partial charge in [0.25, 0.3) is 5.91 Å². The maximum absolute atomic E-state index is 11.5. The van der Waals surface area contributed by atoms with Gasteiger partial charge in [-0.05, 0) is 30.7 Å². The first-order valence-electron chi connectivity index (χ1n) is 7.06. The Balaban J connectivity index is 2.42. The number of carbonyl (C=O) groups excluding carboxylic acids is 1. The molecule has 1 aromatic carbocycles. The van der Waals surface area contributed by atoms with Crippen molar-refractivity contribution in [2.45, 2.75) is 33.2 Å². The summed E-state index contributed by atoms with van der Waals surface area (Å²) >= 11 is 6.13. The van der Waals surface area contributed by atoms with Gasteiger partial charge in [0.1, 0.15) is 5.75 Å². The Morgan fingerprint density at radius 3 is 2.80 bits per heavy atom. The van der Waals surface area contributed by atoms with Gasteiger partial charge < -0.3 is 15.4 Å². The zero-order valence-corrected chi connectivity index (χ0v) is 12.9. The van der Waals surface area contributed by atoms with E-state index in [1.54, 1.807) is 6.07 Å². The van der Waals surface area contributed by atoms with Crippen molar-refractivity contribution in [3.05, 3.63) is 28.8 Å². The quantitative estimate of drug-likeness (QED) is 0.689. The molecule has 112 valence electrons. The van der Waals surface area contributed by atoms with Crippen LogP contribution in [0.5, 0.6) is 5.75 Å². The lowest BCUT2D eigenvalue weighted by atomic mass is 10.2. The zero-order valence-electron chi connectivity index (χ0n) is 12.2. The van der Waals surface area contributed by atoms with Crippen LogP contribution in [0.2, 0.25) is 5.02 Å². The number of unbranched alkanes of at least 4 members (excludes halogenated alkanes) is 1. The van der Waals surface area contributed by atoms with E-state index in [0.29, 0.717) is 17.3 Å².